The molecule has 1 heteroatoms. The highest BCUT2D eigenvalue weighted by atomic mass is 16.1. The van der Waals surface area contributed by atoms with Crippen molar-refractivity contribution in [1.29, 1.82) is 0 Å². The maximum absolute atomic E-state index is 11.0. The predicted octanol–water partition coefficient (Wildman–Crippen LogP) is 2.80. The lowest BCUT2D eigenvalue weighted by molar-refractivity contribution is -0.113. The fourth-order valence-electron chi connectivity index (χ4n) is 1.17. The van der Waals surface area contributed by atoms with Gasteiger partial charge in [0.25, 0.3) is 0 Å². The highest BCUT2D eigenvalue weighted by molar-refractivity contribution is 5.96. The number of carbonyl (C=O) groups excluding carboxylic acids is 1. The van der Waals surface area contributed by atoms with Crippen molar-refractivity contribution >= 4 is 5.78 Å². The van der Waals surface area contributed by atoms with Crippen LogP contribution in [0.4, 0.5) is 0 Å². The van der Waals surface area contributed by atoms with Crippen molar-refractivity contribution in [3.63, 3.8) is 0 Å². The first-order valence-electron chi connectivity index (χ1n) is 4.31. The molecule has 0 N–H and O–H groups in total. The van der Waals surface area contributed by atoms with E-state index in [1.807, 2.05) is 12.2 Å². The quantitative estimate of drug-likeness (QED) is 0.610. The molecule has 1 nitrogen and oxygen atoms in total. The predicted molar refractivity (Wildman–Crippen MR) is 50.9 cm³/mol. The molecule has 0 unspecified atom stereocenters. The Bertz CT molecular complexity index is 267. The number of hydrogen-bond acceptors (Lipinski definition) is 1. The molecule has 0 aromatic carbocycles. The Morgan fingerprint density at radius 3 is 2.83 bits per heavy atom. The Morgan fingerprint density at radius 1 is 1.50 bits per heavy atom. The number of hydrogen-bond donors (Lipinski definition) is 0. The van der Waals surface area contributed by atoms with Gasteiger partial charge < -0.3 is 0 Å². The zero-order valence-electron chi connectivity index (χ0n) is 7.63. The van der Waals surface area contributed by atoms with Crippen molar-refractivity contribution in [2.45, 2.75) is 26.7 Å². The summed E-state index contributed by atoms with van der Waals surface area (Å²) in [4.78, 5) is 11.0. The van der Waals surface area contributed by atoms with Crippen LogP contribution in [0, 0.1) is 0 Å². The number of rotatable bonds is 2. The molecule has 0 radical (unpaired) electrons. The molecule has 0 spiro atoms. The fraction of sp³-hybridized carbons (Fsp3) is 0.364. The van der Waals surface area contributed by atoms with Gasteiger partial charge in [-0.15, -0.1) is 0 Å². The Morgan fingerprint density at radius 2 is 2.25 bits per heavy atom. The molecule has 12 heavy (non-hydrogen) atoms. The number of ketones is 1. The molecule has 0 saturated carbocycles. The van der Waals surface area contributed by atoms with E-state index in [1.165, 1.54) is 5.57 Å². The highest BCUT2D eigenvalue weighted by Gasteiger charge is 2.01. The Hall–Kier alpha value is -1.11. The first-order chi connectivity index (χ1) is 5.74. The minimum absolute atomic E-state index is 0.139. The van der Waals surface area contributed by atoms with E-state index in [-0.39, 0.29) is 5.78 Å². The molecule has 0 atom stereocenters. The minimum atomic E-state index is 0.139. The van der Waals surface area contributed by atoms with Gasteiger partial charge in [-0.1, -0.05) is 36.8 Å². The van der Waals surface area contributed by atoms with E-state index in [9.17, 15) is 4.79 Å². The summed E-state index contributed by atoms with van der Waals surface area (Å²) in [6.45, 7) is 3.73. The molecule has 0 heterocycles. The van der Waals surface area contributed by atoms with E-state index in [0.717, 1.165) is 18.4 Å². The number of carbonyl (C=O) groups is 1. The summed E-state index contributed by atoms with van der Waals surface area (Å²) >= 11 is 0. The van der Waals surface area contributed by atoms with Crippen LogP contribution < -0.4 is 0 Å². The minimum Gasteiger partial charge on any atom is -0.295 e. The number of allylic oxidation sites excluding steroid dienone is 6. The van der Waals surface area contributed by atoms with Gasteiger partial charge in [-0.05, 0) is 19.8 Å². The molecule has 1 aliphatic rings. The van der Waals surface area contributed by atoms with Gasteiger partial charge in [-0.2, -0.15) is 0 Å². The zero-order valence-corrected chi connectivity index (χ0v) is 7.63. The molecule has 0 fully saturated rings. The normalized spacial score (nSPS) is 16.5. The largest absolute Gasteiger partial charge is 0.295 e. The van der Waals surface area contributed by atoms with Gasteiger partial charge >= 0.3 is 0 Å². The van der Waals surface area contributed by atoms with Gasteiger partial charge in [0.1, 0.15) is 0 Å². The molecule has 0 bridgehead atoms. The fourth-order valence-corrected chi connectivity index (χ4v) is 1.17. The van der Waals surface area contributed by atoms with Crippen molar-refractivity contribution in [3.8, 4) is 0 Å². The molecule has 0 aromatic heterocycles. The third-order valence-electron chi connectivity index (χ3n) is 2.04. The zero-order chi connectivity index (χ0) is 8.97. The van der Waals surface area contributed by atoms with Crippen LogP contribution in [-0.4, -0.2) is 5.78 Å². The SMILES string of the molecule is CCC1=CC=C(C(C)=O)C=CC1. The summed E-state index contributed by atoms with van der Waals surface area (Å²) in [5.41, 5.74) is 2.18. The second-order valence-electron chi connectivity index (χ2n) is 2.96. The summed E-state index contributed by atoms with van der Waals surface area (Å²) in [6, 6.07) is 0. The highest BCUT2D eigenvalue weighted by Crippen LogP contribution is 2.14. The smallest absolute Gasteiger partial charge is 0.159 e. The topological polar surface area (TPSA) is 17.1 Å². The monoisotopic (exact) mass is 162 g/mol. The second kappa shape index (κ2) is 4.05. The standard InChI is InChI=1S/C11H14O/c1-3-10-5-4-6-11(8-7-10)9(2)12/h4,6-8H,3,5H2,1-2H3. The Labute approximate surface area is 73.5 Å². The average Bonchev–Trinajstić information content (AvgIpc) is 2.28. The van der Waals surface area contributed by atoms with Crippen molar-refractivity contribution in [2.24, 2.45) is 0 Å². The lowest BCUT2D eigenvalue weighted by Gasteiger charge is -1.94. The van der Waals surface area contributed by atoms with Crippen LogP contribution in [0.15, 0.2) is 35.5 Å². The molecular weight excluding hydrogens is 148 g/mol. The molecule has 0 aliphatic heterocycles. The Balaban J connectivity index is 2.85. The summed E-state index contributed by atoms with van der Waals surface area (Å²) in [5.74, 6) is 0.139. The maximum atomic E-state index is 11.0. The van der Waals surface area contributed by atoms with E-state index >= 15 is 0 Å². The van der Waals surface area contributed by atoms with E-state index in [0.29, 0.717) is 0 Å². The maximum Gasteiger partial charge on any atom is 0.159 e. The van der Waals surface area contributed by atoms with Gasteiger partial charge in [0.15, 0.2) is 5.78 Å². The van der Waals surface area contributed by atoms with Gasteiger partial charge in [0, 0.05) is 5.57 Å². The lowest BCUT2D eigenvalue weighted by Crippen LogP contribution is -1.91. The lowest BCUT2D eigenvalue weighted by atomic mass is 10.1. The van der Waals surface area contributed by atoms with Crippen molar-refractivity contribution in [3.05, 3.63) is 35.5 Å². The average molecular weight is 162 g/mol. The summed E-state index contributed by atoms with van der Waals surface area (Å²) in [5, 5.41) is 0. The second-order valence-corrected chi connectivity index (χ2v) is 2.96. The molecule has 0 aromatic rings. The van der Waals surface area contributed by atoms with Crippen LogP contribution in [0.25, 0.3) is 0 Å². The van der Waals surface area contributed by atoms with Crippen LogP contribution in [-0.2, 0) is 4.79 Å². The van der Waals surface area contributed by atoms with E-state index in [1.54, 1.807) is 6.92 Å². The van der Waals surface area contributed by atoms with Gasteiger partial charge in [0.05, 0.1) is 0 Å². The van der Waals surface area contributed by atoms with Crippen molar-refractivity contribution in [1.82, 2.24) is 0 Å². The van der Waals surface area contributed by atoms with Gasteiger partial charge in [-0.25, -0.2) is 0 Å². The van der Waals surface area contributed by atoms with Crippen LogP contribution in [0.1, 0.15) is 26.7 Å². The molecule has 1 aliphatic carbocycles. The van der Waals surface area contributed by atoms with Crippen LogP contribution in [0.5, 0.6) is 0 Å². The van der Waals surface area contributed by atoms with Gasteiger partial charge in [-0.3, -0.25) is 4.79 Å². The van der Waals surface area contributed by atoms with Crippen LogP contribution in [0.3, 0.4) is 0 Å². The summed E-state index contributed by atoms with van der Waals surface area (Å²) < 4.78 is 0. The summed E-state index contributed by atoms with van der Waals surface area (Å²) in [7, 11) is 0. The molecule has 0 saturated heterocycles. The molecule has 1 rings (SSSR count). The van der Waals surface area contributed by atoms with E-state index in [2.05, 4.69) is 19.1 Å². The molecule has 64 valence electrons. The van der Waals surface area contributed by atoms with E-state index < -0.39 is 0 Å². The van der Waals surface area contributed by atoms with Crippen molar-refractivity contribution < 1.29 is 4.79 Å². The van der Waals surface area contributed by atoms with Crippen molar-refractivity contribution in [2.75, 3.05) is 0 Å². The summed E-state index contributed by atoms with van der Waals surface area (Å²) in [6.07, 6.45) is 9.95. The van der Waals surface area contributed by atoms with Crippen LogP contribution >= 0.6 is 0 Å². The molecular formula is C11H14O. The third-order valence-corrected chi connectivity index (χ3v) is 2.04. The number of Topliss-reactive ketones (excluding diaryl/α,β-unsaturated/α-hetero) is 1. The van der Waals surface area contributed by atoms with Gasteiger partial charge in [0.2, 0.25) is 0 Å². The molecule has 0 amide bonds. The first kappa shape index (κ1) is 8.98. The third kappa shape index (κ3) is 2.19. The van der Waals surface area contributed by atoms with E-state index in [4.69, 9.17) is 0 Å². The van der Waals surface area contributed by atoms with Crippen LogP contribution in [0.2, 0.25) is 0 Å². The Kier molecular flexibility index (Phi) is 3.03. The first-order valence-corrected chi connectivity index (χ1v) is 4.31.